The highest BCUT2D eigenvalue weighted by Crippen LogP contribution is 2.55. The molecule has 0 bridgehead atoms. The van der Waals surface area contributed by atoms with Gasteiger partial charge >= 0.3 is 0 Å². The number of para-hydroxylation sites is 6. The van der Waals surface area contributed by atoms with Crippen molar-refractivity contribution in [3.8, 4) is 78.1 Å². The molecule has 2 aliphatic carbocycles. The van der Waals surface area contributed by atoms with Gasteiger partial charge in [0.15, 0.2) is 0 Å². The van der Waals surface area contributed by atoms with E-state index in [0.717, 1.165) is 117 Å². The van der Waals surface area contributed by atoms with Crippen LogP contribution in [0.2, 0.25) is 0 Å². The second-order valence-electron chi connectivity index (χ2n) is 33.1. The smallest absolute Gasteiger partial charge is 0.143 e. The number of aromatic nitrogens is 2. The first-order valence-electron chi connectivity index (χ1n) is 41.5. The van der Waals surface area contributed by atoms with Crippen LogP contribution in [-0.4, -0.2) is 9.13 Å². The maximum absolute atomic E-state index is 6.83. The van der Waals surface area contributed by atoms with Gasteiger partial charge in [0, 0.05) is 111 Å². The zero-order valence-corrected chi connectivity index (χ0v) is 66.9. The van der Waals surface area contributed by atoms with E-state index >= 15 is 0 Å². The van der Waals surface area contributed by atoms with Crippen molar-refractivity contribution in [3.05, 3.63) is 435 Å². The summed E-state index contributed by atoms with van der Waals surface area (Å²) in [6.45, 7) is 9.42. The summed E-state index contributed by atoms with van der Waals surface area (Å²) < 4.78 is 18.4. The number of hydrogen-bond donors (Lipinski definition) is 0. The van der Waals surface area contributed by atoms with Gasteiger partial charge in [0.25, 0.3) is 0 Å². The standard InChI is InChI=1S/2C57H40N2O/c1-57(2)51-22-12-9-19-44(51)45-31-30-42(36-52(45)57)58(41-28-25-38(26-29-41)37-15-5-3-6-16-37)43-34-48(56-50(35-43)47-21-11-14-24-55(47)60-56)39-27-32-54-49(33-39)46-20-10-13-23-53(46)59(54)40-17-7-4-8-18-40;1-57(2)51-22-12-9-19-44(51)45-32-30-42(36-52(45)57)58(41-28-25-38(26-29-41)37-15-5-3-6-16-37)43-34-49(56-50(35-43)48-21-11-14-24-55(48)60-56)39-27-31-47-46-20-10-13-23-53(46)59(54(47)33-39)40-17-7-4-8-18-40/h2*3-36H,1-2H3. The van der Waals surface area contributed by atoms with Gasteiger partial charge in [-0.25, -0.2) is 0 Å². The van der Waals surface area contributed by atoms with Crippen LogP contribution in [0.25, 0.3) is 166 Å². The van der Waals surface area contributed by atoms with Gasteiger partial charge < -0.3 is 27.8 Å². The Morgan fingerprint density at radius 2 is 0.542 bits per heavy atom. The Bertz CT molecular complexity index is 7810. The van der Waals surface area contributed by atoms with E-state index in [9.17, 15) is 0 Å². The Morgan fingerprint density at radius 3 is 1.02 bits per heavy atom. The molecule has 0 aliphatic heterocycles. The molecule has 6 heteroatoms. The molecular weight excluding hydrogens is 1460 g/mol. The predicted octanol–water partition coefficient (Wildman–Crippen LogP) is 31.6. The molecule has 0 atom stereocenters. The Kier molecular flexibility index (Phi) is 16.2. The van der Waals surface area contributed by atoms with Gasteiger partial charge in [-0.2, -0.15) is 0 Å². The average Bonchev–Trinajstić information content (AvgIpc) is 1.58. The second kappa shape index (κ2) is 27.7. The molecule has 0 saturated heterocycles. The van der Waals surface area contributed by atoms with Crippen molar-refractivity contribution in [1.29, 1.82) is 0 Å². The van der Waals surface area contributed by atoms with E-state index in [1.807, 2.05) is 0 Å². The molecule has 120 heavy (non-hydrogen) atoms. The summed E-state index contributed by atoms with van der Waals surface area (Å²) >= 11 is 0. The van der Waals surface area contributed by atoms with Crippen molar-refractivity contribution < 1.29 is 8.83 Å². The molecule has 0 amide bonds. The fraction of sp³-hybridized carbons (Fsp3) is 0.0526. The number of furan rings is 2. The third kappa shape index (κ3) is 11.3. The third-order valence-corrected chi connectivity index (χ3v) is 25.6. The van der Waals surface area contributed by atoms with Crippen molar-refractivity contribution in [2.45, 2.75) is 38.5 Å². The fourth-order valence-electron chi connectivity index (χ4n) is 19.7. The molecule has 0 fully saturated rings. The van der Waals surface area contributed by atoms with E-state index in [1.54, 1.807) is 0 Å². The summed E-state index contributed by atoms with van der Waals surface area (Å²) in [6, 6.07) is 150. The Morgan fingerprint density at radius 1 is 0.200 bits per heavy atom. The highest BCUT2D eigenvalue weighted by molar-refractivity contribution is 6.17. The lowest BCUT2D eigenvalue weighted by Gasteiger charge is -2.29. The molecule has 0 spiro atoms. The molecule has 0 radical (unpaired) electrons. The quantitative estimate of drug-likeness (QED) is 0.122. The van der Waals surface area contributed by atoms with Crippen molar-refractivity contribution >= 4 is 122 Å². The Balaban J connectivity index is 0.000000140. The minimum absolute atomic E-state index is 0.144. The molecule has 0 unspecified atom stereocenters. The molecule has 4 heterocycles. The van der Waals surface area contributed by atoms with Crippen LogP contribution in [-0.2, 0) is 10.8 Å². The molecule has 0 saturated carbocycles. The first kappa shape index (κ1) is 70.2. The van der Waals surface area contributed by atoms with Gasteiger partial charge in [-0.05, 0) is 217 Å². The summed E-state index contributed by atoms with van der Waals surface area (Å²) in [6.07, 6.45) is 0. The van der Waals surface area contributed by atoms with Crippen LogP contribution in [0.5, 0.6) is 0 Å². The highest BCUT2D eigenvalue weighted by Gasteiger charge is 2.38. The number of hydrogen-bond acceptors (Lipinski definition) is 4. The first-order valence-corrected chi connectivity index (χ1v) is 41.5. The molecule has 4 aromatic heterocycles. The molecule has 2 aliphatic rings. The largest absolute Gasteiger partial charge is 0.455 e. The van der Waals surface area contributed by atoms with E-state index in [0.29, 0.717) is 0 Å². The summed E-state index contributed by atoms with van der Waals surface area (Å²) in [5.41, 5.74) is 36.5. The van der Waals surface area contributed by atoms with Crippen molar-refractivity contribution in [2.24, 2.45) is 0 Å². The molecule has 6 nitrogen and oxygen atoms in total. The van der Waals surface area contributed by atoms with Gasteiger partial charge in [-0.3, -0.25) is 0 Å². The van der Waals surface area contributed by atoms with Gasteiger partial charge in [0.1, 0.15) is 22.3 Å². The van der Waals surface area contributed by atoms with E-state index < -0.39 is 0 Å². The number of anilines is 6. The van der Waals surface area contributed by atoms with Crippen LogP contribution in [0.3, 0.4) is 0 Å². The van der Waals surface area contributed by atoms with Crippen molar-refractivity contribution in [2.75, 3.05) is 9.80 Å². The number of rotatable bonds is 12. The minimum atomic E-state index is -0.146. The van der Waals surface area contributed by atoms with E-state index in [2.05, 4.69) is 459 Å². The molecule has 18 aromatic carbocycles. The summed E-state index contributed by atoms with van der Waals surface area (Å²) in [5, 5.41) is 9.25. The zero-order valence-electron chi connectivity index (χ0n) is 66.9. The maximum Gasteiger partial charge on any atom is 0.143 e. The lowest BCUT2D eigenvalue weighted by molar-refractivity contribution is 0.660. The van der Waals surface area contributed by atoms with Crippen LogP contribution in [0.4, 0.5) is 34.1 Å². The van der Waals surface area contributed by atoms with Gasteiger partial charge in [-0.15, -0.1) is 0 Å². The summed E-state index contributed by atoms with van der Waals surface area (Å²) in [7, 11) is 0. The van der Waals surface area contributed by atoms with Gasteiger partial charge in [-0.1, -0.05) is 301 Å². The topological polar surface area (TPSA) is 42.6 Å². The second-order valence-corrected chi connectivity index (χ2v) is 33.1. The van der Waals surface area contributed by atoms with Crippen LogP contribution in [0.1, 0.15) is 49.9 Å². The van der Waals surface area contributed by atoms with Crippen LogP contribution < -0.4 is 9.80 Å². The van der Waals surface area contributed by atoms with Gasteiger partial charge in [0.05, 0.1) is 22.1 Å². The summed E-state index contributed by atoms with van der Waals surface area (Å²) in [4.78, 5) is 4.86. The minimum Gasteiger partial charge on any atom is -0.455 e. The Labute approximate surface area is 696 Å². The normalized spacial score (nSPS) is 13.0. The average molecular weight is 1540 g/mol. The molecule has 568 valence electrons. The van der Waals surface area contributed by atoms with Crippen molar-refractivity contribution in [3.63, 3.8) is 0 Å². The lowest BCUT2D eigenvalue weighted by Crippen LogP contribution is -2.16. The van der Waals surface area contributed by atoms with E-state index in [-0.39, 0.29) is 10.8 Å². The summed E-state index contributed by atoms with van der Waals surface area (Å²) in [5.74, 6) is 0. The zero-order chi connectivity index (χ0) is 79.9. The SMILES string of the molecule is CC1(C)c2ccccc2-c2ccc(N(c3ccc(-c4ccccc4)cc3)c3cc(-c4ccc5c(c4)c4ccccc4n5-c4ccccc4)c4oc5ccccc5c4c3)cc21.CC1(C)c2ccccc2-c2ccc(N(c3ccc(-c4ccccc4)cc3)c3cc(-c4ccc5c6ccccc6n(-c6ccccc6)c5c4)c4oc5ccccc5c4c3)cc21. The van der Waals surface area contributed by atoms with E-state index in [4.69, 9.17) is 8.83 Å². The van der Waals surface area contributed by atoms with Crippen LogP contribution in [0.15, 0.2) is 421 Å². The van der Waals surface area contributed by atoms with Gasteiger partial charge in [0.2, 0.25) is 0 Å². The molecule has 22 aromatic rings. The van der Waals surface area contributed by atoms with Crippen LogP contribution >= 0.6 is 0 Å². The maximum atomic E-state index is 6.83. The van der Waals surface area contributed by atoms with Crippen molar-refractivity contribution in [1.82, 2.24) is 9.13 Å². The first-order chi connectivity index (χ1) is 59.0. The number of benzene rings is 18. The lowest BCUT2D eigenvalue weighted by atomic mass is 9.82. The molecule has 24 rings (SSSR count). The van der Waals surface area contributed by atoms with Crippen LogP contribution in [0, 0.1) is 0 Å². The van der Waals surface area contributed by atoms with E-state index in [1.165, 1.54) is 105 Å². The predicted molar refractivity (Wildman–Crippen MR) is 502 cm³/mol. The third-order valence-electron chi connectivity index (χ3n) is 25.6. The number of nitrogens with zero attached hydrogens (tertiary/aromatic N) is 4. The highest BCUT2D eigenvalue weighted by atomic mass is 16.3. The number of fused-ring (bicyclic) bond motifs is 18. The monoisotopic (exact) mass is 1540 g/mol. The molecular formula is C114H80N4O2. The fourth-order valence-corrected chi connectivity index (χ4v) is 19.7. The molecule has 0 N–H and O–H groups in total. The Hall–Kier alpha value is -15.2.